The van der Waals surface area contributed by atoms with E-state index in [0.29, 0.717) is 31.6 Å². The minimum Gasteiger partial charge on any atom is -0.497 e. The van der Waals surface area contributed by atoms with Crippen molar-refractivity contribution >= 4 is 17.5 Å². The van der Waals surface area contributed by atoms with Gasteiger partial charge in [-0.1, -0.05) is 31.4 Å². The van der Waals surface area contributed by atoms with Crippen molar-refractivity contribution in [3.63, 3.8) is 0 Å². The first-order valence-electron chi connectivity index (χ1n) is 12.2. The highest BCUT2D eigenvalue weighted by Crippen LogP contribution is 2.24. The van der Waals surface area contributed by atoms with Gasteiger partial charge in [0.15, 0.2) is 0 Å². The Labute approximate surface area is 202 Å². The molecule has 0 fully saturated rings. The summed E-state index contributed by atoms with van der Waals surface area (Å²) in [5, 5.41) is 6.49. The van der Waals surface area contributed by atoms with Crippen molar-refractivity contribution in [3.05, 3.63) is 59.2 Å². The van der Waals surface area contributed by atoms with Crippen LogP contribution in [0.5, 0.6) is 5.75 Å². The highest BCUT2D eigenvalue weighted by atomic mass is 16.5. The van der Waals surface area contributed by atoms with Crippen molar-refractivity contribution in [2.45, 2.75) is 45.1 Å². The summed E-state index contributed by atoms with van der Waals surface area (Å²) in [5.74, 6) is 0.631. The molecule has 2 amide bonds. The molecule has 0 unspecified atom stereocenters. The van der Waals surface area contributed by atoms with Gasteiger partial charge in [-0.15, -0.1) is 0 Å². The summed E-state index contributed by atoms with van der Waals surface area (Å²) in [7, 11) is 3.18. The molecule has 7 nitrogen and oxygen atoms in total. The minimum absolute atomic E-state index is 0.0410. The van der Waals surface area contributed by atoms with Gasteiger partial charge in [-0.05, 0) is 67.3 Å². The number of hydrogen-bond acceptors (Lipinski definition) is 5. The summed E-state index contributed by atoms with van der Waals surface area (Å²) >= 11 is 0. The lowest BCUT2D eigenvalue weighted by Gasteiger charge is -2.26. The van der Waals surface area contributed by atoms with Crippen LogP contribution in [0.3, 0.4) is 0 Å². The van der Waals surface area contributed by atoms with Crippen LogP contribution in [0.15, 0.2) is 42.5 Å². The van der Waals surface area contributed by atoms with Gasteiger partial charge < -0.3 is 25.0 Å². The number of rotatable bonds is 7. The Bertz CT molecular complexity index is 947. The molecule has 0 bridgehead atoms. The highest BCUT2D eigenvalue weighted by Gasteiger charge is 2.20. The maximum absolute atomic E-state index is 12.9. The standard InChI is InChI=1S/C27H37N3O4/c1-33-20-26(31)30-16-7-5-3-4-6-14-28-19-23-18-22(11-12-25(23)30)27(32)29-15-13-21-9-8-10-24(17-21)34-2/h8-12,17-18,28H,3-7,13-16,19-20H2,1-2H3,(H,29,32). The third kappa shape index (κ3) is 7.57. The van der Waals surface area contributed by atoms with E-state index in [1.165, 1.54) is 20.0 Å². The zero-order valence-corrected chi connectivity index (χ0v) is 20.4. The molecule has 0 aliphatic carbocycles. The van der Waals surface area contributed by atoms with E-state index in [0.717, 1.165) is 48.4 Å². The molecule has 0 saturated heterocycles. The average molecular weight is 468 g/mol. The number of hydrogen-bond donors (Lipinski definition) is 2. The van der Waals surface area contributed by atoms with Crippen LogP contribution in [-0.4, -0.2) is 52.3 Å². The zero-order valence-electron chi connectivity index (χ0n) is 20.4. The number of amides is 2. The predicted octanol–water partition coefficient (Wildman–Crippen LogP) is 3.70. The van der Waals surface area contributed by atoms with Gasteiger partial charge in [-0.2, -0.15) is 0 Å². The molecule has 2 N–H and O–H groups in total. The molecule has 0 saturated carbocycles. The monoisotopic (exact) mass is 467 g/mol. The molecule has 2 aromatic rings. The number of anilines is 1. The number of fused-ring (bicyclic) bond motifs is 1. The summed E-state index contributed by atoms with van der Waals surface area (Å²) in [4.78, 5) is 27.5. The smallest absolute Gasteiger partial charge is 0.252 e. The molecule has 1 heterocycles. The number of methoxy groups -OCH3 is 2. The highest BCUT2D eigenvalue weighted by molar-refractivity contribution is 5.98. The molecule has 2 aromatic carbocycles. The number of benzene rings is 2. The third-order valence-electron chi connectivity index (χ3n) is 6.09. The summed E-state index contributed by atoms with van der Waals surface area (Å²) in [6, 6.07) is 13.5. The molecule has 7 heteroatoms. The molecule has 3 rings (SSSR count). The van der Waals surface area contributed by atoms with E-state index in [-0.39, 0.29) is 18.4 Å². The second kappa shape index (κ2) is 13.7. The molecule has 34 heavy (non-hydrogen) atoms. The van der Waals surface area contributed by atoms with Crippen LogP contribution in [0.2, 0.25) is 0 Å². The fourth-order valence-electron chi connectivity index (χ4n) is 4.24. The van der Waals surface area contributed by atoms with Gasteiger partial charge in [-0.25, -0.2) is 0 Å². The van der Waals surface area contributed by atoms with Crippen molar-refractivity contribution in [3.8, 4) is 5.75 Å². The minimum atomic E-state index is -0.119. The lowest BCUT2D eigenvalue weighted by molar-refractivity contribution is -0.122. The van der Waals surface area contributed by atoms with Gasteiger partial charge in [0.1, 0.15) is 12.4 Å². The van der Waals surface area contributed by atoms with Crippen LogP contribution in [0, 0.1) is 0 Å². The predicted molar refractivity (Wildman–Crippen MR) is 134 cm³/mol. The van der Waals surface area contributed by atoms with Gasteiger partial charge in [0.2, 0.25) is 0 Å². The van der Waals surface area contributed by atoms with Crippen molar-refractivity contribution in [2.75, 3.05) is 45.4 Å². The van der Waals surface area contributed by atoms with Crippen LogP contribution in [-0.2, 0) is 22.5 Å². The Morgan fingerprint density at radius 2 is 1.85 bits per heavy atom. The average Bonchev–Trinajstić information content (AvgIpc) is 2.84. The summed E-state index contributed by atoms with van der Waals surface area (Å²) in [6.45, 7) is 2.75. The van der Waals surface area contributed by atoms with Gasteiger partial charge in [-0.3, -0.25) is 9.59 Å². The summed E-state index contributed by atoms with van der Waals surface area (Å²) < 4.78 is 10.4. The molecule has 1 aliphatic rings. The normalized spacial score (nSPS) is 14.9. The molecule has 0 radical (unpaired) electrons. The maximum atomic E-state index is 12.9. The quantitative estimate of drug-likeness (QED) is 0.649. The van der Waals surface area contributed by atoms with Crippen molar-refractivity contribution in [1.29, 1.82) is 0 Å². The second-order valence-electron chi connectivity index (χ2n) is 8.62. The van der Waals surface area contributed by atoms with Crippen LogP contribution in [0.4, 0.5) is 5.69 Å². The Morgan fingerprint density at radius 1 is 1.03 bits per heavy atom. The first-order valence-corrected chi connectivity index (χ1v) is 12.2. The van der Waals surface area contributed by atoms with Crippen LogP contribution in [0.25, 0.3) is 0 Å². The molecule has 184 valence electrons. The van der Waals surface area contributed by atoms with E-state index < -0.39 is 0 Å². The molecular formula is C27H37N3O4. The lowest BCUT2D eigenvalue weighted by atomic mass is 10.0. The number of ether oxygens (including phenoxy) is 2. The lowest BCUT2D eigenvalue weighted by Crippen LogP contribution is -2.36. The molecular weight excluding hydrogens is 430 g/mol. The summed E-state index contributed by atoms with van der Waals surface area (Å²) in [6.07, 6.45) is 6.26. The molecule has 1 aliphatic heterocycles. The first kappa shape index (κ1) is 25.7. The van der Waals surface area contributed by atoms with Crippen LogP contribution in [0.1, 0.15) is 53.6 Å². The zero-order chi connectivity index (χ0) is 24.2. The van der Waals surface area contributed by atoms with Gasteiger partial charge in [0.25, 0.3) is 11.8 Å². The van der Waals surface area contributed by atoms with Crippen LogP contribution < -0.4 is 20.3 Å². The number of nitrogens with one attached hydrogen (secondary N) is 2. The fraction of sp³-hybridized carbons (Fsp3) is 0.481. The Balaban J connectivity index is 1.73. The van der Waals surface area contributed by atoms with Crippen molar-refractivity contribution in [2.24, 2.45) is 0 Å². The van der Waals surface area contributed by atoms with E-state index in [9.17, 15) is 9.59 Å². The number of nitrogens with zero attached hydrogens (tertiary/aromatic N) is 1. The topological polar surface area (TPSA) is 79.9 Å². The van der Waals surface area contributed by atoms with E-state index in [2.05, 4.69) is 10.6 Å². The Morgan fingerprint density at radius 3 is 2.68 bits per heavy atom. The number of carbonyl (C=O) groups is 2. The SMILES string of the molecule is COCC(=O)N1CCCCCCCNCc2cc(C(=O)NCCc3cccc(OC)c3)ccc21. The van der Waals surface area contributed by atoms with Gasteiger partial charge in [0.05, 0.1) is 7.11 Å². The van der Waals surface area contributed by atoms with Gasteiger partial charge in [0, 0.05) is 38.0 Å². The maximum Gasteiger partial charge on any atom is 0.252 e. The van der Waals surface area contributed by atoms with E-state index >= 15 is 0 Å². The molecule has 0 aromatic heterocycles. The Hall–Kier alpha value is -2.90. The Kier molecular flexibility index (Phi) is 10.4. The van der Waals surface area contributed by atoms with Crippen LogP contribution >= 0.6 is 0 Å². The molecule has 0 spiro atoms. The first-order chi connectivity index (χ1) is 16.6. The largest absolute Gasteiger partial charge is 0.497 e. The van der Waals surface area contributed by atoms with Crippen molar-refractivity contribution in [1.82, 2.24) is 10.6 Å². The van der Waals surface area contributed by atoms with Crippen molar-refractivity contribution < 1.29 is 19.1 Å². The second-order valence-corrected chi connectivity index (χ2v) is 8.62. The number of carbonyl (C=O) groups excluding carboxylic acids is 2. The fourth-order valence-corrected chi connectivity index (χ4v) is 4.24. The molecule has 0 atom stereocenters. The van der Waals surface area contributed by atoms with Gasteiger partial charge >= 0.3 is 0 Å². The van der Waals surface area contributed by atoms with E-state index in [1.807, 2.05) is 41.3 Å². The third-order valence-corrected chi connectivity index (χ3v) is 6.09. The van der Waals surface area contributed by atoms with E-state index in [4.69, 9.17) is 9.47 Å². The van der Waals surface area contributed by atoms with E-state index in [1.54, 1.807) is 13.2 Å². The summed E-state index contributed by atoms with van der Waals surface area (Å²) in [5.41, 5.74) is 3.50.